The molecular formula is C18H22N2OS. The predicted octanol–water partition coefficient (Wildman–Crippen LogP) is 4.18. The molecule has 3 nitrogen and oxygen atoms in total. The molecular weight excluding hydrogens is 292 g/mol. The van der Waals surface area contributed by atoms with Crippen molar-refractivity contribution in [3.8, 4) is 0 Å². The molecule has 0 spiro atoms. The summed E-state index contributed by atoms with van der Waals surface area (Å²) in [5, 5.41) is 3.06. The highest BCUT2D eigenvalue weighted by Crippen LogP contribution is 2.29. The van der Waals surface area contributed by atoms with Crippen molar-refractivity contribution in [3.05, 3.63) is 45.9 Å². The van der Waals surface area contributed by atoms with E-state index in [2.05, 4.69) is 43.2 Å². The lowest BCUT2D eigenvalue weighted by atomic mass is 9.87. The van der Waals surface area contributed by atoms with Crippen LogP contribution >= 0.6 is 11.3 Å². The second-order valence-corrected chi connectivity index (χ2v) is 7.92. The molecule has 0 saturated heterocycles. The molecule has 3 rings (SSSR count). The number of hydrogen-bond acceptors (Lipinski definition) is 3. The Morgan fingerprint density at radius 2 is 2.00 bits per heavy atom. The lowest BCUT2D eigenvalue weighted by molar-refractivity contribution is -0.120. The average molecular weight is 314 g/mol. The van der Waals surface area contributed by atoms with Gasteiger partial charge in [0.15, 0.2) is 0 Å². The number of carbonyl (C=O) groups is 1. The smallest absolute Gasteiger partial charge is 0.227 e. The number of rotatable bonds is 2. The van der Waals surface area contributed by atoms with Gasteiger partial charge in [0.25, 0.3) is 0 Å². The van der Waals surface area contributed by atoms with E-state index in [9.17, 15) is 4.79 Å². The van der Waals surface area contributed by atoms with Gasteiger partial charge in [-0.15, -0.1) is 11.3 Å². The largest absolute Gasteiger partial charge is 0.326 e. The van der Waals surface area contributed by atoms with Gasteiger partial charge in [-0.1, -0.05) is 32.9 Å². The molecule has 1 amide bonds. The zero-order chi connectivity index (χ0) is 15.7. The zero-order valence-electron chi connectivity index (χ0n) is 13.3. The van der Waals surface area contributed by atoms with E-state index in [-0.39, 0.29) is 17.2 Å². The second kappa shape index (κ2) is 5.84. The highest BCUT2D eigenvalue weighted by Gasteiger charge is 2.26. The van der Waals surface area contributed by atoms with E-state index in [1.165, 1.54) is 16.1 Å². The third-order valence-electron chi connectivity index (χ3n) is 4.28. The minimum atomic E-state index is 0.0650. The standard InChI is InChI=1S/C18H22N2OS/c1-18(2,3)13-5-7-14(8-6-13)20-17(21)12-4-9-15-16(10-12)22-11-19-15/h5-8,11-12H,4,9-10H2,1-3H3,(H,20,21). The number of thiazole rings is 1. The van der Waals surface area contributed by atoms with Gasteiger partial charge in [0, 0.05) is 16.5 Å². The molecule has 4 heteroatoms. The maximum atomic E-state index is 12.5. The van der Waals surface area contributed by atoms with Crippen LogP contribution in [0.5, 0.6) is 0 Å². The van der Waals surface area contributed by atoms with E-state index < -0.39 is 0 Å². The first kappa shape index (κ1) is 15.2. The van der Waals surface area contributed by atoms with E-state index in [0.717, 1.165) is 24.9 Å². The molecule has 1 aliphatic rings. The van der Waals surface area contributed by atoms with Crippen LogP contribution in [0.15, 0.2) is 29.8 Å². The van der Waals surface area contributed by atoms with Crippen molar-refractivity contribution in [1.82, 2.24) is 4.98 Å². The Morgan fingerprint density at radius 1 is 1.27 bits per heavy atom. The van der Waals surface area contributed by atoms with Gasteiger partial charge >= 0.3 is 0 Å². The molecule has 1 aliphatic carbocycles. The van der Waals surface area contributed by atoms with Gasteiger partial charge in [0.2, 0.25) is 5.91 Å². The monoisotopic (exact) mass is 314 g/mol. The molecule has 0 radical (unpaired) electrons. The third-order valence-corrected chi connectivity index (χ3v) is 5.17. The van der Waals surface area contributed by atoms with Crippen molar-refractivity contribution in [1.29, 1.82) is 0 Å². The van der Waals surface area contributed by atoms with Crippen molar-refractivity contribution in [2.75, 3.05) is 5.32 Å². The lowest BCUT2D eigenvalue weighted by Gasteiger charge is -2.21. The molecule has 1 aromatic heterocycles. The number of aromatic nitrogens is 1. The number of carbonyl (C=O) groups excluding carboxylic acids is 1. The van der Waals surface area contributed by atoms with Crippen LogP contribution in [0.1, 0.15) is 43.3 Å². The fourth-order valence-corrected chi connectivity index (χ4v) is 3.72. The minimum Gasteiger partial charge on any atom is -0.326 e. The Bertz CT molecular complexity index is 667. The van der Waals surface area contributed by atoms with Gasteiger partial charge in [0.05, 0.1) is 11.2 Å². The fourth-order valence-electron chi connectivity index (χ4n) is 2.82. The number of amides is 1. The van der Waals surface area contributed by atoms with Crippen LogP contribution in [0, 0.1) is 5.92 Å². The summed E-state index contributed by atoms with van der Waals surface area (Å²) < 4.78 is 0. The van der Waals surface area contributed by atoms with Crippen molar-refractivity contribution < 1.29 is 4.79 Å². The van der Waals surface area contributed by atoms with Crippen LogP contribution in [0.25, 0.3) is 0 Å². The summed E-state index contributed by atoms with van der Waals surface area (Å²) in [6, 6.07) is 8.19. The molecule has 1 aromatic carbocycles. The Morgan fingerprint density at radius 3 is 2.68 bits per heavy atom. The molecule has 0 bridgehead atoms. The quantitative estimate of drug-likeness (QED) is 0.903. The van der Waals surface area contributed by atoms with Crippen LogP contribution in [0.3, 0.4) is 0 Å². The van der Waals surface area contributed by atoms with Crippen molar-refractivity contribution in [2.45, 2.75) is 45.4 Å². The van der Waals surface area contributed by atoms with Gasteiger partial charge in [-0.2, -0.15) is 0 Å². The highest BCUT2D eigenvalue weighted by molar-refractivity contribution is 7.09. The third kappa shape index (κ3) is 3.22. The number of anilines is 1. The molecule has 116 valence electrons. The summed E-state index contributed by atoms with van der Waals surface area (Å²) in [5.74, 6) is 0.192. The van der Waals surface area contributed by atoms with Gasteiger partial charge in [-0.05, 0) is 42.4 Å². The highest BCUT2D eigenvalue weighted by atomic mass is 32.1. The van der Waals surface area contributed by atoms with Gasteiger partial charge in [-0.3, -0.25) is 4.79 Å². The summed E-state index contributed by atoms with van der Waals surface area (Å²) in [6.45, 7) is 6.57. The normalized spacial score (nSPS) is 17.9. The number of nitrogens with one attached hydrogen (secondary N) is 1. The number of benzene rings is 1. The second-order valence-electron chi connectivity index (χ2n) is 6.98. The average Bonchev–Trinajstić information content (AvgIpc) is 2.94. The summed E-state index contributed by atoms with van der Waals surface area (Å²) in [6.07, 6.45) is 2.63. The first-order chi connectivity index (χ1) is 10.4. The minimum absolute atomic E-state index is 0.0650. The van der Waals surface area contributed by atoms with E-state index in [1.54, 1.807) is 11.3 Å². The van der Waals surface area contributed by atoms with Gasteiger partial charge < -0.3 is 5.32 Å². The van der Waals surface area contributed by atoms with Gasteiger partial charge in [0.1, 0.15) is 0 Å². The first-order valence-corrected chi connectivity index (χ1v) is 8.64. The molecule has 1 heterocycles. The number of hydrogen-bond donors (Lipinski definition) is 1. The Hall–Kier alpha value is -1.68. The summed E-state index contributed by atoms with van der Waals surface area (Å²) >= 11 is 1.67. The zero-order valence-corrected chi connectivity index (χ0v) is 14.2. The number of aryl methyl sites for hydroxylation is 1. The SMILES string of the molecule is CC(C)(C)c1ccc(NC(=O)C2CCc3ncsc3C2)cc1. The molecule has 1 atom stereocenters. The Labute approximate surface area is 135 Å². The van der Waals surface area contributed by atoms with E-state index in [0.29, 0.717) is 0 Å². The molecule has 1 N–H and O–H groups in total. The van der Waals surface area contributed by atoms with Crippen molar-refractivity contribution >= 4 is 22.9 Å². The van der Waals surface area contributed by atoms with Crippen LogP contribution in [0.2, 0.25) is 0 Å². The Balaban J connectivity index is 1.65. The molecule has 0 saturated carbocycles. The molecule has 1 unspecified atom stereocenters. The van der Waals surface area contributed by atoms with E-state index >= 15 is 0 Å². The topological polar surface area (TPSA) is 42.0 Å². The van der Waals surface area contributed by atoms with Crippen LogP contribution in [-0.2, 0) is 23.1 Å². The maximum absolute atomic E-state index is 12.5. The molecule has 0 aliphatic heterocycles. The number of fused-ring (bicyclic) bond motifs is 1. The summed E-state index contributed by atoms with van der Waals surface area (Å²) in [5.41, 5.74) is 5.36. The maximum Gasteiger partial charge on any atom is 0.227 e. The predicted molar refractivity (Wildman–Crippen MR) is 91.4 cm³/mol. The summed E-state index contributed by atoms with van der Waals surface area (Å²) in [7, 11) is 0. The summed E-state index contributed by atoms with van der Waals surface area (Å²) in [4.78, 5) is 18.1. The molecule has 2 aromatic rings. The molecule has 0 fully saturated rings. The first-order valence-electron chi connectivity index (χ1n) is 7.76. The van der Waals surface area contributed by atoms with Crippen molar-refractivity contribution in [2.24, 2.45) is 5.92 Å². The number of nitrogens with zero attached hydrogens (tertiary/aromatic N) is 1. The fraction of sp³-hybridized carbons (Fsp3) is 0.444. The van der Waals surface area contributed by atoms with Crippen LogP contribution in [-0.4, -0.2) is 10.9 Å². The molecule has 22 heavy (non-hydrogen) atoms. The van der Waals surface area contributed by atoms with Gasteiger partial charge in [-0.25, -0.2) is 4.98 Å². The van der Waals surface area contributed by atoms with Crippen LogP contribution < -0.4 is 5.32 Å². The lowest BCUT2D eigenvalue weighted by Crippen LogP contribution is -2.27. The Kier molecular flexibility index (Phi) is 4.04. The van der Waals surface area contributed by atoms with E-state index in [4.69, 9.17) is 0 Å². The van der Waals surface area contributed by atoms with Crippen molar-refractivity contribution in [3.63, 3.8) is 0 Å². The van der Waals surface area contributed by atoms with Crippen LogP contribution in [0.4, 0.5) is 5.69 Å². The van der Waals surface area contributed by atoms with E-state index in [1.807, 2.05) is 17.6 Å².